The molecule has 1 aliphatic carbocycles. The van der Waals surface area contributed by atoms with Crippen molar-refractivity contribution in [2.24, 2.45) is 0 Å². The third-order valence-corrected chi connectivity index (χ3v) is 4.69. The molecule has 0 aromatic carbocycles. The predicted octanol–water partition coefficient (Wildman–Crippen LogP) is 0.950. The van der Waals surface area contributed by atoms with Crippen LogP contribution in [-0.2, 0) is 14.8 Å². The third-order valence-electron chi connectivity index (χ3n) is 3.25. The summed E-state index contributed by atoms with van der Waals surface area (Å²) in [6.45, 7) is 0.493. The summed E-state index contributed by atoms with van der Waals surface area (Å²) in [5, 5.41) is 8.73. The topological polar surface area (TPSA) is 108 Å². The number of carboxylic acids is 1. The van der Waals surface area contributed by atoms with E-state index in [2.05, 4.69) is 9.71 Å². The van der Waals surface area contributed by atoms with Gasteiger partial charge in [0.25, 0.3) is 0 Å². The van der Waals surface area contributed by atoms with E-state index in [0.29, 0.717) is 6.61 Å². The average molecular weight is 302 g/mol. The number of sulfonamides is 1. The van der Waals surface area contributed by atoms with Crippen molar-refractivity contribution in [3.05, 3.63) is 18.0 Å². The lowest BCUT2D eigenvalue weighted by Gasteiger charge is -2.11. The molecule has 0 saturated heterocycles. The molecule has 3 N–H and O–H groups in total. The molecule has 1 saturated carbocycles. The molecule has 1 aromatic rings. The van der Waals surface area contributed by atoms with Crippen molar-refractivity contribution >= 4 is 16.0 Å². The van der Waals surface area contributed by atoms with Crippen LogP contribution in [0.25, 0.3) is 0 Å². The summed E-state index contributed by atoms with van der Waals surface area (Å²) in [6.07, 6.45) is 5.79. The number of aromatic carboxylic acids is 1. The van der Waals surface area contributed by atoms with E-state index in [1.54, 1.807) is 0 Å². The number of aromatic nitrogens is 1. The van der Waals surface area contributed by atoms with Crippen LogP contribution < -0.4 is 4.72 Å². The Balaban J connectivity index is 1.82. The molecule has 1 heterocycles. The number of carboxylic acid groups (broad SMARTS) is 1. The van der Waals surface area contributed by atoms with Crippen LogP contribution in [0.3, 0.4) is 0 Å². The van der Waals surface area contributed by atoms with Gasteiger partial charge < -0.3 is 14.8 Å². The summed E-state index contributed by atoms with van der Waals surface area (Å²) in [5.74, 6) is -1.20. The molecule has 0 unspecified atom stereocenters. The Bertz CT molecular complexity index is 560. The van der Waals surface area contributed by atoms with Crippen LogP contribution in [0.15, 0.2) is 17.2 Å². The Hall–Kier alpha value is -1.38. The maximum atomic E-state index is 11.9. The highest BCUT2D eigenvalue weighted by molar-refractivity contribution is 7.89. The predicted molar refractivity (Wildman–Crippen MR) is 71.1 cm³/mol. The highest BCUT2D eigenvalue weighted by Crippen LogP contribution is 2.20. The fraction of sp³-hybridized carbons (Fsp3) is 0.583. The van der Waals surface area contributed by atoms with Gasteiger partial charge in [-0.05, 0) is 18.9 Å². The van der Waals surface area contributed by atoms with E-state index in [0.717, 1.165) is 37.9 Å². The van der Waals surface area contributed by atoms with Gasteiger partial charge in [-0.25, -0.2) is 17.9 Å². The number of aromatic amines is 1. The van der Waals surface area contributed by atoms with Gasteiger partial charge in [0, 0.05) is 12.7 Å². The van der Waals surface area contributed by atoms with Gasteiger partial charge in [-0.15, -0.1) is 0 Å². The zero-order valence-corrected chi connectivity index (χ0v) is 11.8. The summed E-state index contributed by atoms with van der Waals surface area (Å²) in [5.41, 5.74) is -0.160. The fourth-order valence-electron chi connectivity index (χ4n) is 2.19. The largest absolute Gasteiger partial charge is 0.477 e. The smallest absolute Gasteiger partial charge is 0.352 e. The van der Waals surface area contributed by atoms with E-state index < -0.39 is 16.0 Å². The first kappa shape index (κ1) is 15.0. The summed E-state index contributed by atoms with van der Waals surface area (Å²) in [7, 11) is -3.69. The van der Waals surface area contributed by atoms with Gasteiger partial charge in [0.15, 0.2) is 0 Å². The second-order valence-electron chi connectivity index (χ2n) is 4.73. The summed E-state index contributed by atoms with van der Waals surface area (Å²) in [6, 6.07) is 1.09. The fourth-order valence-corrected chi connectivity index (χ4v) is 3.20. The van der Waals surface area contributed by atoms with Crippen molar-refractivity contribution in [1.29, 1.82) is 0 Å². The number of rotatable bonds is 7. The monoisotopic (exact) mass is 302 g/mol. The van der Waals surface area contributed by atoms with Gasteiger partial charge in [0.05, 0.1) is 12.7 Å². The Morgan fingerprint density at radius 1 is 1.45 bits per heavy atom. The maximum absolute atomic E-state index is 11.9. The van der Waals surface area contributed by atoms with Crippen molar-refractivity contribution in [2.45, 2.75) is 36.7 Å². The molecule has 112 valence electrons. The standard InChI is InChI=1S/C12H18N2O5S/c15-12(16)11-7-10(8-13-11)20(17,18)14-5-6-19-9-3-1-2-4-9/h7-9,13-14H,1-6H2,(H,15,16). The Kier molecular flexibility index (Phi) is 4.79. The van der Waals surface area contributed by atoms with Gasteiger partial charge in [-0.1, -0.05) is 12.8 Å². The SMILES string of the molecule is O=C(O)c1cc(S(=O)(=O)NCCOC2CCCC2)c[nH]1. The minimum atomic E-state index is -3.69. The van der Waals surface area contributed by atoms with Crippen LogP contribution >= 0.6 is 0 Å². The van der Waals surface area contributed by atoms with E-state index in [4.69, 9.17) is 9.84 Å². The first-order chi connectivity index (χ1) is 9.49. The van der Waals surface area contributed by atoms with Gasteiger partial charge in [-0.2, -0.15) is 0 Å². The molecule has 0 spiro atoms. The normalized spacial score (nSPS) is 16.6. The van der Waals surface area contributed by atoms with Crippen molar-refractivity contribution in [2.75, 3.05) is 13.2 Å². The van der Waals surface area contributed by atoms with Crippen molar-refractivity contribution < 1.29 is 23.1 Å². The molecule has 1 aliphatic rings. The number of hydrogen-bond donors (Lipinski definition) is 3. The van der Waals surface area contributed by atoms with Crippen LogP contribution in [0.2, 0.25) is 0 Å². The van der Waals surface area contributed by atoms with Crippen LogP contribution in [0.1, 0.15) is 36.2 Å². The molecule has 0 radical (unpaired) electrons. The Labute approximate surface area is 117 Å². The lowest BCUT2D eigenvalue weighted by atomic mass is 10.3. The van der Waals surface area contributed by atoms with Crippen LogP contribution in [0.5, 0.6) is 0 Å². The molecule has 0 aliphatic heterocycles. The molecule has 8 heteroatoms. The number of H-pyrrole nitrogens is 1. The number of nitrogens with one attached hydrogen (secondary N) is 2. The van der Waals surface area contributed by atoms with Gasteiger partial charge in [-0.3, -0.25) is 0 Å². The average Bonchev–Trinajstić information content (AvgIpc) is 3.05. The van der Waals surface area contributed by atoms with Crippen LogP contribution in [0, 0.1) is 0 Å². The van der Waals surface area contributed by atoms with Gasteiger partial charge in [0.1, 0.15) is 10.6 Å². The molecule has 20 heavy (non-hydrogen) atoms. The number of hydrogen-bond acceptors (Lipinski definition) is 4. The lowest BCUT2D eigenvalue weighted by Crippen LogP contribution is -2.28. The number of carbonyl (C=O) groups is 1. The molecule has 7 nitrogen and oxygen atoms in total. The molecular weight excluding hydrogens is 284 g/mol. The molecule has 0 amide bonds. The van der Waals surface area contributed by atoms with E-state index in [9.17, 15) is 13.2 Å². The van der Waals surface area contributed by atoms with E-state index in [1.165, 1.54) is 0 Å². The molecular formula is C12H18N2O5S. The first-order valence-electron chi connectivity index (χ1n) is 6.52. The number of ether oxygens (including phenoxy) is 1. The third kappa shape index (κ3) is 3.81. The van der Waals surface area contributed by atoms with Gasteiger partial charge >= 0.3 is 5.97 Å². The van der Waals surface area contributed by atoms with Crippen molar-refractivity contribution in [3.63, 3.8) is 0 Å². The first-order valence-corrected chi connectivity index (χ1v) is 8.00. The minimum absolute atomic E-state index is 0.0873. The summed E-state index contributed by atoms with van der Waals surface area (Å²) >= 11 is 0. The maximum Gasteiger partial charge on any atom is 0.352 e. The second kappa shape index (κ2) is 6.38. The molecule has 2 rings (SSSR count). The van der Waals surface area contributed by atoms with Crippen LogP contribution in [-0.4, -0.2) is 43.7 Å². The summed E-state index contributed by atoms with van der Waals surface area (Å²) < 4.78 is 31.7. The van der Waals surface area contributed by atoms with E-state index >= 15 is 0 Å². The molecule has 0 bridgehead atoms. The van der Waals surface area contributed by atoms with E-state index in [-0.39, 0.29) is 23.2 Å². The molecule has 0 atom stereocenters. The second-order valence-corrected chi connectivity index (χ2v) is 6.50. The van der Waals surface area contributed by atoms with E-state index in [1.807, 2.05) is 0 Å². The quantitative estimate of drug-likeness (QED) is 0.650. The Morgan fingerprint density at radius 2 is 2.15 bits per heavy atom. The zero-order valence-electron chi connectivity index (χ0n) is 11.0. The van der Waals surface area contributed by atoms with Crippen molar-refractivity contribution in [1.82, 2.24) is 9.71 Å². The minimum Gasteiger partial charge on any atom is -0.477 e. The van der Waals surface area contributed by atoms with Crippen molar-refractivity contribution in [3.8, 4) is 0 Å². The lowest BCUT2D eigenvalue weighted by molar-refractivity contribution is 0.0626. The van der Waals surface area contributed by atoms with Crippen LogP contribution in [0.4, 0.5) is 0 Å². The van der Waals surface area contributed by atoms with Gasteiger partial charge in [0.2, 0.25) is 10.0 Å². The summed E-state index contributed by atoms with van der Waals surface area (Å²) in [4.78, 5) is 13.0. The Morgan fingerprint density at radius 3 is 2.75 bits per heavy atom. The highest BCUT2D eigenvalue weighted by atomic mass is 32.2. The highest BCUT2D eigenvalue weighted by Gasteiger charge is 2.19. The zero-order chi connectivity index (χ0) is 14.6. The molecule has 1 fully saturated rings. The molecule has 1 aromatic heterocycles.